The van der Waals surface area contributed by atoms with E-state index in [0.29, 0.717) is 17.6 Å². The fourth-order valence-corrected chi connectivity index (χ4v) is 2.35. The highest BCUT2D eigenvalue weighted by molar-refractivity contribution is 6.04. The van der Waals surface area contributed by atoms with Crippen LogP contribution in [-0.2, 0) is 9.59 Å². The van der Waals surface area contributed by atoms with Gasteiger partial charge in [-0.05, 0) is 18.6 Å². The third-order valence-electron chi connectivity index (χ3n) is 3.43. The number of hydrogen-bond acceptors (Lipinski definition) is 4. The number of pyridine rings is 1. The van der Waals surface area contributed by atoms with Crippen LogP contribution in [0.15, 0.2) is 36.5 Å². The molecule has 0 aliphatic carbocycles. The van der Waals surface area contributed by atoms with E-state index in [9.17, 15) is 14.4 Å². The summed E-state index contributed by atoms with van der Waals surface area (Å²) in [7, 11) is 0. The number of nitrogens with one attached hydrogen (secondary N) is 3. The van der Waals surface area contributed by atoms with Gasteiger partial charge in [0.25, 0.3) is 0 Å². The number of carbonyl (C=O) groups excluding carboxylic acids is 3. The average molecular weight is 298 g/mol. The van der Waals surface area contributed by atoms with E-state index >= 15 is 0 Å². The number of imide groups is 1. The lowest BCUT2D eigenvalue weighted by Gasteiger charge is -2.22. The molecule has 7 heteroatoms. The Morgan fingerprint density at radius 3 is 2.86 bits per heavy atom. The lowest BCUT2D eigenvalue weighted by Crippen LogP contribution is -2.53. The molecule has 3 N–H and O–H groups in total. The molecule has 3 rings (SSSR count). The monoisotopic (exact) mass is 298 g/mol. The number of amides is 4. The van der Waals surface area contributed by atoms with Gasteiger partial charge in [-0.25, -0.2) is 4.79 Å². The Kier molecular flexibility index (Phi) is 3.69. The highest BCUT2D eigenvalue weighted by Gasteiger charge is 2.27. The van der Waals surface area contributed by atoms with Crippen molar-refractivity contribution in [3.63, 3.8) is 0 Å². The molecule has 2 heterocycles. The van der Waals surface area contributed by atoms with Gasteiger partial charge in [0, 0.05) is 18.0 Å². The van der Waals surface area contributed by atoms with E-state index in [4.69, 9.17) is 0 Å². The van der Waals surface area contributed by atoms with Gasteiger partial charge in [0.2, 0.25) is 11.8 Å². The van der Waals surface area contributed by atoms with Crippen LogP contribution in [0, 0.1) is 0 Å². The second-order valence-corrected chi connectivity index (χ2v) is 4.98. The summed E-state index contributed by atoms with van der Waals surface area (Å²) in [6, 6.07) is 7.94. The summed E-state index contributed by atoms with van der Waals surface area (Å²) in [5.41, 5.74) is 1.23. The number of nitrogens with zero attached hydrogens (tertiary/aromatic N) is 1. The SMILES string of the molecule is O=C1CCC(NC(=O)Nc2cccc3cccnc23)C(=O)N1. The van der Waals surface area contributed by atoms with E-state index in [1.54, 1.807) is 12.3 Å². The van der Waals surface area contributed by atoms with E-state index in [0.717, 1.165) is 5.39 Å². The number of hydrogen-bond donors (Lipinski definition) is 3. The standard InChI is InChI=1S/C15H14N4O3/c20-12-7-6-11(14(21)19-12)18-15(22)17-10-5-1-3-9-4-2-8-16-13(9)10/h1-5,8,11H,6-7H2,(H2,17,18,22)(H,19,20,21). The molecule has 0 saturated carbocycles. The molecule has 0 bridgehead atoms. The van der Waals surface area contributed by atoms with Crippen molar-refractivity contribution in [2.45, 2.75) is 18.9 Å². The summed E-state index contributed by atoms with van der Waals surface area (Å²) in [6.45, 7) is 0. The van der Waals surface area contributed by atoms with Crippen LogP contribution in [0.1, 0.15) is 12.8 Å². The van der Waals surface area contributed by atoms with Crippen LogP contribution in [0.25, 0.3) is 10.9 Å². The average Bonchev–Trinajstić information content (AvgIpc) is 2.50. The van der Waals surface area contributed by atoms with Crippen LogP contribution >= 0.6 is 0 Å². The topological polar surface area (TPSA) is 100 Å². The second-order valence-electron chi connectivity index (χ2n) is 4.98. The van der Waals surface area contributed by atoms with E-state index < -0.39 is 18.0 Å². The van der Waals surface area contributed by atoms with Crippen LogP contribution in [0.2, 0.25) is 0 Å². The van der Waals surface area contributed by atoms with Gasteiger partial charge in [0.1, 0.15) is 6.04 Å². The predicted octanol–water partition coefficient (Wildman–Crippen LogP) is 1.16. The van der Waals surface area contributed by atoms with Crippen molar-refractivity contribution in [3.8, 4) is 0 Å². The smallest absolute Gasteiger partial charge is 0.319 e. The number of fused-ring (bicyclic) bond motifs is 1. The zero-order chi connectivity index (χ0) is 15.5. The normalized spacial score (nSPS) is 17.9. The Morgan fingerprint density at radius 2 is 2.05 bits per heavy atom. The van der Waals surface area contributed by atoms with Crippen molar-refractivity contribution in [1.82, 2.24) is 15.6 Å². The molecule has 4 amide bonds. The summed E-state index contributed by atoms with van der Waals surface area (Å²) < 4.78 is 0. The third kappa shape index (κ3) is 2.88. The molecule has 1 fully saturated rings. The number of aromatic nitrogens is 1. The molecule has 1 aromatic heterocycles. The minimum atomic E-state index is -0.708. The lowest BCUT2D eigenvalue weighted by molar-refractivity contribution is -0.134. The van der Waals surface area contributed by atoms with Crippen molar-refractivity contribution >= 4 is 34.4 Å². The Labute approximate surface area is 126 Å². The largest absolute Gasteiger partial charge is 0.326 e. The molecule has 2 aromatic rings. The number of anilines is 1. The van der Waals surface area contributed by atoms with Crippen molar-refractivity contribution in [2.75, 3.05) is 5.32 Å². The van der Waals surface area contributed by atoms with Gasteiger partial charge in [0.15, 0.2) is 0 Å². The first-order valence-corrected chi connectivity index (χ1v) is 6.88. The van der Waals surface area contributed by atoms with Gasteiger partial charge < -0.3 is 10.6 Å². The first-order valence-electron chi connectivity index (χ1n) is 6.88. The van der Waals surface area contributed by atoms with Crippen molar-refractivity contribution in [1.29, 1.82) is 0 Å². The van der Waals surface area contributed by atoms with Crippen LogP contribution < -0.4 is 16.0 Å². The Hall–Kier alpha value is -2.96. The molecule has 7 nitrogen and oxygen atoms in total. The summed E-state index contributed by atoms with van der Waals surface area (Å²) in [4.78, 5) is 39.0. The maximum absolute atomic E-state index is 12.0. The summed E-state index contributed by atoms with van der Waals surface area (Å²) >= 11 is 0. The molecule has 1 aliphatic heterocycles. The van der Waals surface area contributed by atoms with Gasteiger partial charge in [0.05, 0.1) is 11.2 Å². The van der Waals surface area contributed by atoms with E-state index in [-0.39, 0.29) is 12.3 Å². The van der Waals surface area contributed by atoms with E-state index in [2.05, 4.69) is 20.9 Å². The molecule has 1 unspecified atom stereocenters. The molecular weight excluding hydrogens is 284 g/mol. The Balaban J connectivity index is 1.71. The molecule has 1 atom stereocenters. The lowest BCUT2D eigenvalue weighted by atomic mass is 10.1. The van der Waals surface area contributed by atoms with Gasteiger partial charge in [-0.3, -0.25) is 19.9 Å². The summed E-state index contributed by atoms with van der Waals surface area (Å²) in [6.07, 6.45) is 2.16. The number of piperidine rings is 1. The van der Waals surface area contributed by atoms with Crippen molar-refractivity contribution in [3.05, 3.63) is 36.5 Å². The molecule has 1 saturated heterocycles. The Bertz CT molecular complexity index is 754. The van der Waals surface area contributed by atoms with Crippen LogP contribution in [0.4, 0.5) is 10.5 Å². The summed E-state index contributed by atoms with van der Waals surface area (Å²) in [5.74, 6) is -0.802. The number of urea groups is 1. The zero-order valence-corrected chi connectivity index (χ0v) is 11.6. The second kappa shape index (κ2) is 5.80. The molecule has 22 heavy (non-hydrogen) atoms. The van der Waals surface area contributed by atoms with Crippen LogP contribution in [-0.4, -0.2) is 28.9 Å². The first-order chi connectivity index (χ1) is 10.6. The van der Waals surface area contributed by atoms with Gasteiger partial charge in [-0.2, -0.15) is 0 Å². The number of rotatable bonds is 2. The fourth-order valence-electron chi connectivity index (χ4n) is 2.35. The minimum Gasteiger partial charge on any atom is -0.326 e. The molecule has 112 valence electrons. The van der Waals surface area contributed by atoms with E-state index in [1.807, 2.05) is 24.3 Å². The molecule has 0 radical (unpaired) electrons. The quantitative estimate of drug-likeness (QED) is 0.724. The fraction of sp³-hybridized carbons (Fsp3) is 0.200. The maximum atomic E-state index is 12.0. The maximum Gasteiger partial charge on any atom is 0.319 e. The summed E-state index contributed by atoms with van der Waals surface area (Å²) in [5, 5.41) is 8.35. The predicted molar refractivity (Wildman–Crippen MR) is 80.1 cm³/mol. The van der Waals surface area contributed by atoms with Gasteiger partial charge in [-0.1, -0.05) is 18.2 Å². The minimum absolute atomic E-state index is 0.215. The molecule has 0 spiro atoms. The zero-order valence-electron chi connectivity index (χ0n) is 11.6. The number of benzene rings is 1. The molecule has 1 aliphatic rings. The Morgan fingerprint density at radius 1 is 1.23 bits per heavy atom. The van der Waals surface area contributed by atoms with Crippen LogP contribution in [0.3, 0.4) is 0 Å². The van der Waals surface area contributed by atoms with E-state index in [1.165, 1.54) is 0 Å². The van der Waals surface area contributed by atoms with Gasteiger partial charge >= 0.3 is 6.03 Å². The molecular formula is C15H14N4O3. The number of carbonyl (C=O) groups is 3. The van der Waals surface area contributed by atoms with Gasteiger partial charge in [-0.15, -0.1) is 0 Å². The third-order valence-corrected chi connectivity index (χ3v) is 3.43. The van der Waals surface area contributed by atoms with Crippen LogP contribution in [0.5, 0.6) is 0 Å². The first kappa shape index (κ1) is 14.0. The highest BCUT2D eigenvalue weighted by Crippen LogP contribution is 2.20. The van der Waals surface area contributed by atoms with Crippen molar-refractivity contribution < 1.29 is 14.4 Å². The van der Waals surface area contributed by atoms with Crippen molar-refractivity contribution in [2.24, 2.45) is 0 Å². The highest BCUT2D eigenvalue weighted by atomic mass is 16.2. The number of para-hydroxylation sites is 1. The molecule has 1 aromatic carbocycles.